The molecule has 2 N–H and O–H groups in total. The molecular formula is C16H20N2O2. The molecule has 0 aliphatic carbocycles. The number of anilines is 1. The highest BCUT2D eigenvalue weighted by Gasteiger charge is 2.28. The summed E-state index contributed by atoms with van der Waals surface area (Å²) in [7, 11) is 0. The zero-order valence-electron chi connectivity index (χ0n) is 11.8. The van der Waals surface area contributed by atoms with E-state index in [1.807, 2.05) is 30.3 Å². The van der Waals surface area contributed by atoms with Crippen LogP contribution in [0.2, 0.25) is 0 Å². The van der Waals surface area contributed by atoms with Crippen LogP contribution in [0.15, 0.2) is 35.1 Å². The van der Waals surface area contributed by atoms with Crippen LogP contribution in [-0.4, -0.2) is 17.8 Å². The Balaban J connectivity index is 2.05. The van der Waals surface area contributed by atoms with Crippen LogP contribution in [0, 0.1) is 5.41 Å². The lowest BCUT2D eigenvalue weighted by atomic mass is 9.82. The van der Waals surface area contributed by atoms with Crippen LogP contribution in [0.25, 0.3) is 10.8 Å². The molecule has 0 bridgehead atoms. The van der Waals surface area contributed by atoms with Crippen molar-refractivity contribution in [3.8, 4) is 0 Å². The van der Waals surface area contributed by atoms with Crippen LogP contribution in [0.4, 0.5) is 5.82 Å². The maximum Gasteiger partial charge on any atom is 0.259 e. The Morgan fingerprint density at radius 2 is 2.00 bits per heavy atom. The average molecular weight is 272 g/mol. The molecule has 1 fully saturated rings. The first kappa shape index (κ1) is 13.2. The molecule has 4 nitrogen and oxygen atoms in total. The third kappa shape index (κ3) is 2.31. The average Bonchev–Trinajstić information content (AvgIpc) is 2.44. The lowest BCUT2D eigenvalue weighted by Crippen LogP contribution is -2.35. The van der Waals surface area contributed by atoms with Crippen LogP contribution < -0.4 is 11.3 Å². The Morgan fingerprint density at radius 1 is 1.30 bits per heavy atom. The van der Waals surface area contributed by atoms with Crippen LogP contribution in [0.5, 0.6) is 0 Å². The third-order valence-corrected chi connectivity index (χ3v) is 4.29. The molecule has 0 atom stereocenters. The summed E-state index contributed by atoms with van der Waals surface area (Å²) in [6, 6.07) is 9.48. The maximum absolute atomic E-state index is 12.6. The van der Waals surface area contributed by atoms with Gasteiger partial charge in [-0.3, -0.25) is 9.36 Å². The van der Waals surface area contributed by atoms with E-state index >= 15 is 0 Å². The van der Waals surface area contributed by atoms with Crippen molar-refractivity contribution in [3.05, 3.63) is 40.7 Å². The van der Waals surface area contributed by atoms with E-state index in [-0.39, 0.29) is 11.0 Å². The molecule has 4 heteroatoms. The standard InChI is InChI=1S/C16H20N2O2/c1-16(6-8-20-9-7-16)11-18-14(17)10-12-4-2-3-5-13(12)15(18)19/h2-5,10H,6-9,11,17H2,1H3. The normalized spacial score (nSPS) is 18.2. The number of hydrogen-bond donors (Lipinski definition) is 1. The number of fused-ring (bicyclic) bond motifs is 1. The predicted molar refractivity (Wildman–Crippen MR) is 80.8 cm³/mol. The fraction of sp³-hybridized carbons (Fsp3) is 0.438. The van der Waals surface area contributed by atoms with Crippen LogP contribution in [-0.2, 0) is 11.3 Å². The van der Waals surface area contributed by atoms with Crippen molar-refractivity contribution in [2.75, 3.05) is 18.9 Å². The van der Waals surface area contributed by atoms with E-state index in [0.29, 0.717) is 12.4 Å². The molecule has 0 saturated carbocycles. The van der Waals surface area contributed by atoms with Gasteiger partial charge in [-0.2, -0.15) is 0 Å². The molecule has 20 heavy (non-hydrogen) atoms. The predicted octanol–water partition coefficient (Wildman–Crippen LogP) is 2.40. The lowest BCUT2D eigenvalue weighted by molar-refractivity contribution is 0.0154. The minimum atomic E-state index is 0.00770. The molecule has 3 rings (SSSR count). The SMILES string of the molecule is CC1(Cn2c(N)cc3ccccc3c2=O)CCOCC1. The molecule has 1 aromatic carbocycles. The van der Waals surface area contributed by atoms with Crippen molar-refractivity contribution < 1.29 is 4.74 Å². The van der Waals surface area contributed by atoms with E-state index in [0.717, 1.165) is 36.8 Å². The lowest BCUT2D eigenvalue weighted by Gasteiger charge is -2.34. The summed E-state index contributed by atoms with van der Waals surface area (Å²) in [6.45, 7) is 4.39. The summed E-state index contributed by atoms with van der Waals surface area (Å²) < 4.78 is 7.13. The van der Waals surface area contributed by atoms with Gasteiger partial charge < -0.3 is 10.5 Å². The fourth-order valence-corrected chi connectivity index (χ4v) is 2.88. The van der Waals surface area contributed by atoms with Gasteiger partial charge >= 0.3 is 0 Å². The fourth-order valence-electron chi connectivity index (χ4n) is 2.88. The van der Waals surface area contributed by atoms with Crippen LogP contribution in [0.1, 0.15) is 19.8 Å². The highest BCUT2D eigenvalue weighted by atomic mass is 16.5. The summed E-state index contributed by atoms with van der Waals surface area (Å²) in [5.74, 6) is 0.543. The van der Waals surface area contributed by atoms with E-state index < -0.39 is 0 Å². The number of benzene rings is 1. The molecule has 0 radical (unpaired) electrons. The number of ether oxygens (including phenoxy) is 1. The highest BCUT2D eigenvalue weighted by Crippen LogP contribution is 2.32. The Bertz CT molecular complexity index is 684. The number of nitrogens with two attached hydrogens (primary N) is 1. The molecule has 1 aliphatic rings. The van der Waals surface area contributed by atoms with Crippen molar-refractivity contribution in [3.63, 3.8) is 0 Å². The second kappa shape index (κ2) is 4.94. The summed E-state index contributed by atoms with van der Waals surface area (Å²) in [4.78, 5) is 12.6. The quantitative estimate of drug-likeness (QED) is 0.913. The minimum Gasteiger partial charge on any atom is -0.385 e. The van der Waals surface area contributed by atoms with Gasteiger partial charge in [0.2, 0.25) is 0 Å². The largest absolute Gasteiger partial charge is 0.385 e. The molecule has 1 saturated heterocycles. The van der Waals surface area contributed by atoms with E-state index in [2.05, 4.69) is 6.92 Å². The van der Waals surface area contributed by atoms with Crippen molar-refractivity contribution in [1.29, 1.82) is 0 Å². The molecule has 106 valence electrons. The molecule has 0 spiro atoms. The summed E-state index contributed by atoms with van der Waals surface area (Å²) in [5.41, 5.74) is 6.18. The van der Waals surface area contributed by atoms with Gasteiger partial charge in [0.25, 0.3) is 5.56 Å². The number of nitrogen functional groups attached to an aromatic ring is 1. The van der Waals surface area contributed by atoms with Gasteiger partial charge in [0.15, 0.2) is 0 Å². The monoisotopic (exact) mass is 272 g/mol. The van der Waals surface area contributed by atoms with Gasteiger partial charge in [0.1, 0.15) is 5.82 Å². The topological polar surface area (TPSA) is 57.2 Å². The Morgan fingerprint density at radius 3 is 2.75 bits per heavy atom. The van der Waals surface area contributed by atoms with Crippen molar-refractivity contribution >= 4 is 16.6 Å². The second-order valence-electron chi connectivity index (χ2n) is 5.97. The number of aromatic nitrogens is 1. The maximum atomic E-state index is 12.6. The Labute approximate surface area is 118 Å². The zero-order chi connectivity index (χ0) is 14.2. The van der Waals surface area contributed by atoms with Gasteiger partial charge in [-0.05, 0) is 35.8 Å². The van der Waals surface area contributed by atoms with Gasteiger partial charge in [-0.15, -0.1) is 0 Å². The Hall–Kier alpha value is -1.81. The molecule has 1 aromatic heterocycles. The first-order chi connectivity index (χ1) is 9.59. The van der Waals surface area contributed by atoms with Crippen molar-refractivity contribution in [2.45, 2.75) is 26.3 Å². The van der Waals surface area contributed by atoms with E-state index in [1.54, 1.807) is 4.57 Å². The number of nitrogens with zero attached hydrogens (tertiary/aromatic N) is 1. The number of pyridine rings is 1. The number of rotatable bonds is 2. The molecule has 2 heterocycles. The number of hydrogen-bond acceptors (Lipinski definition) is 3. The Kier molecular flexibility index (Phi) is 3.26. The molecular weight excluding hydrogens is 252 g/mol. The van der Waals surface area contributed by atoms with Gasteiger partial charge in [-0.25, -0.2) is 0 Å². The molecule has 0 amide bonds. The van der Waals surface area contributed by atoms with Crippen molar-refractivity contribution in [1.82, 2.24) is 4.57 Å². The minimum absolute atomic E-state index is 0.00770. The van der Waals surface area contributed by atoms with Crippen molar-refractivity contribution in [2.24, 2.45) is 5.41 Å². The van der Waals surface area contributed by atoms with Gasteiger partial charge in [0, 0.05) is 25.1 Å². The van der Waals surface area contributed by atoms with E-state index in [1.165, 1.54) is 0 Å². The summed E-state index contributed by atoms with van der Waals surface area (Å²) in [5, 5.41) is 1.64. The zero-order valence-corrected chi connectivity index (χ0v) is 11.8. The smallest absolute Gasteiger partial charge is 0.259 e. The summed E-state index contributed by atoms with van der Waals surface area (Å²) in [6.07, 6.45) is 1.93. The van der Waals surface area contributed by atoms with E-state index in [4.69, 9.17) is 10.5 Å². The molecule has 2 aromatic rings. The third-order valence-electron chi connectivity index (χ3n) is 4.29. The van der Waals surface area contributed by atoms with Crippen LogP contribution >= 0.6 is 0 Å². The second-order valence-corrected chi connectivity index (χ2v) is 5.97. The van der Waals surface area contributed by atoms with E-state index in [9.17, 15) is 4.79 Å². The molecule has 1 aliphatic heterocycles. The highest BCUT2D eigenvalue weighted by molar-refractivity contribution is 5.83. The van der Waals surface area contributed by atoms with Gasteiger partial charge in [0.05, 0.1) is 0 Å². The van der Waals surface area contributed by atoms with Crippen LogP contribution in [0.3, 0.4) is 0 Å². The summed E-state index contributed by atoms with van der Waals surface area (Å²) >= 11 is 0. The first-order valence-electron chi connectivity index (χ1n) is 7.05. The van der Waals surface area contributed by atoms with Gasteiger partial charge in [-0.1, -0.05) is 25.1 Å². The first-order valence-corrected chi connectivity index (χ1v) is 7.05. The molecule has 0 unspecified atom stereocenters.